The second-order valence-electron chi connectivity index (χ2n) is 5.10. The van der Waals surface area contributed by atoms with Crippen molar-refractivity contribution >= 4 is 22.8 Å². The summed E-state index contributed by atoms with van der Waals surface area (Å²) < 4.78 is 5.69. The van der Waals surface area contributed by atoms with E-state index in [2.05, 4.69) is 20.6 Å². The molecule has 7 heteroatoms. The van der Waals surface area contributed by atoms with E-state index in [1.54, 1.807) is 31.3 Å². The van der Waals surface area contributed by atoms with Gasteiger partial charge in [0.05, 0.1) is 12.6 Å². The first-order valence-corrected chi connectivity index (χ1v) is 7.16. The van der Waals surface area contributed by atoms with E-state index in [0.29, 0.717) is 28.4 Å². The molecule has 0 saturated carbocycles. The van der Waals surface area contributed by atoms with Crippen LogP contribution >= 0.6 is 0 Å². The first-order valence-electron chi connectivity index (χ1n) is 7.16. The number of pyridine rings is 1. The number of fused-ring (bicyclic) bond motifs is 1. The average Bonchev–Trinajstić information content (AvgIpc) is 2.98. The lowest BCUT2D eigenvalue weighted by Gasteiger charge is -2.11. The van der Waals surface area contributed by atoms with E-state index in [0.717, 1.165) is 0 Å². The molecule has 0 spiro atoms. The molecule has 0 saturated heterocycles. The number of hydrogen-bond donors (Lipinski definition) is 3. The third-order valence-electron chi connectivity index (χ3n) is 3.18. The first-order chi connectivity index (χ1) is 11.2. The molecule has 1 atom stereocenters. The zero-order valence-corrected chi connectivity index (χ0v) is 12.5. The number of amides is 2. The van der Waals surface area contributed by atoms with Crippen molar-refractivity contribution in [2.75, 3.05) is 11.9 Å². The highest BCUT2D eigenvalue weighted by Crippen LogP contribution is 2.25. The summed E-state index contributed by atoms with van der Waals surface area (Å²) in [4.78, 5) is 20.3. The number of anilines is 1. The van der Waals surface area contributed by atoms with Gasteiger partial charge in [0.25, 0.3) is 0 Å². The van der Waals surface area contributed by atoms with Crippen LogP contribution in [0.15, 0.2) is 47.0 Å². The largest absolute Gasteiger partial charge is 0.435 e. The van der Waals surface area contributed by atoms with Crippen LogP contribution in [0.3, 0.4) is 0 Å². The van der Waals surface area contributed by atoms with E-state index in [1.807, 2.05) is 18.2 Å². The summed E-state index contributed by atoms with van der Waals surface area (Å²) in [6.07, 6.45) is 1.67. The van der Waals surface area contributed by atoms with Crippen molar-refractivity contribution < 1.29 is 14.3 Å². The number of aromatic nitrogens is 2. The molecule has 7 nitrogen and oxygen atoms in total. The molecule has 2 amide bonds. The number of urea groups is 1. The Kier molecular flexibility index (Phi) is 4.20. The minimum absolute atomic E-state index is 0.123. The molecule has 2 aromatic heterocycles. The van der Waals surface area contributed by atoms with E-state index in [1.165, 1.54) is 0 Å². The lowest BCUT2D eigenvalue weighted by molar-refractivity contribution is 0.229. The Morgan fingerprint density at radius 3 is 2.96 bits per heavy atom. The molecule has 23 heavy (non-hydrogen) atoms. The molecule has 0 aliphatic heterocycles. The summed E-state index contributed by atoms with van der Waals surface area (Å²) in [5, 5.41) is 14.2. The Morgan fingerprint density at radius 1 is 1.35 bits per heavy atom. The minimum Gasteiger partial charge on any atom is -0.435 e. The average molecular weight is 312 g/mol. The van der Waals surface area contributed by atoms with E-state index in [4.69, 9.17) is 9.52 Å². The number of nitrogens with zero attached hydrogens (tertiary/aromatic N) is 2. The molecule has 0 bridgehead atoms. The van der Waals surface area contributed by atoms with Gasteiger partial charge in [-0.25, -0.2) is 9.78 Å². The van der Waals surface area contributed by atoms with Crippen molar-refractivity contribution in [2.45, 2.75) is 13.0 Å². The van der Waals surface area contributed by atoms with Gasteiger partial charge in [-0.2, -0.15) is 0 Å². The standard InChI is InChI=1S/C16H16N4O3/c1-10(9-21)18-16(22)19-11-5-6-12-14(8-11)23-15(20-12)13-4-2-3-7-17-13/h2-8,10,21H,9H2,1H3,(H2,18,19,22)/t10-/m0/s1. The summed E-state index contributed by atoms with van der Waals surface area (Å²) in [7, 11) is 0. The third kappa shape index (κ3) is 3.46. The normalized spacial score (nSPS) is 12.1. The molecular weight excluding hydrogens is 296 g/mol. The summed E-state index contributed by atoms with van der Waals surface area (Å²) in [6.45, 7) is 1.58. The SMILES string of the molecule is C[C@@H](CO)NC(=O)Nc1ccc2nc(-c3ccccn3)oc2c1. The maximum Gasteiger partial charge on any atom is 0.319 e. The second kappa shape index (κ2) is 6.45. The van der Waals surface area contributed by atoms with Gasteiger partial charge in [-0.3, -0.25) is 4.98 Å². The number of oxazole rings is 1. The molecule has 0 aliphatic carbocycles. The van der Waals surface area contributed by atoms with Crippen LogP contribution in [0, 0.1) is 0 Å². The van der Waals surface area contributed by atoms with Crippen molar-refractivity contribution in [2.24, 2.45) is 0 Å². The molecule has 0 fully saturated rings. The van der Waals surface area contributed by atoms with Crippen molar-refractivity contribution in [3.05, 3.63) is 42.6 Å². The molecule has 0 unspecified atom stereocenters. The van der Waals surface area contributed by atoms with Crippen LogP contribution < -0.4 is 10.6 Å². The molecular formula is C16H16N4O3. The van der Waals surface area contributed by atoms with Crippen LogP contribution in [-0.4, -0.2) is 33.8 Å². The lowest BCUT2D eigenvalue weighted by atomic mass is 10.3. The number of carbonyl (C=O) groups is 1. The predicted molar refractivity (Wildman–Crippen MR) is 85.9 cm³/mol. The van der Waals surface area contributed by atoms with Gasteiger partial charge >= 0.3 is 6.03 Å². The molecule has 3 rings (SSSR count). The quantitative estimate of drug-likeness (QED) is 0.687. The zero-order valence-electron chi connectivity index (χ0n) is 12.5. The van der Waals surface area contributed by atoms with Crippen LogP contribution in [0.4, 0.5) is 10.5 Å². The molecule has 1 aromatic carbocycles. The Balaban J connectivity index is 1.81. The van der Waals surface area contributed by atoms with Crippen molar-refractivity contribution in [1.82, 2.24) is 15.3 Å². The van der Waals surface area contributed by atoms with Gasteiger partial charge in [0.1, 0.15) is 11.2 Å². The van der Waals surface area contributed by atoms with Crippen LogP contribution in [0.25, 0.3) is 22.7 Å². The second-order valence-corrected chi connectivity index (χ2v) is 5.10. The van der Waals surface area contributed by atoms with Crippen LogP contribution in [0.5, 0.6) is 0 Å². The maximum absolute atomic E-state index is 11.8. The van der Waals surface area contributed by atoms with E-state index < -0.39 is 6.03 Å². The maximum atomic E-state index is 11.8. The smallest absolute Gasteiger partial charge is 0.319 e. The molecule has 3 aromatic rings. The summed E-state index contributed by atoms with van der Waals surface area (Å²) in [5.41, 5.74) is 2.45. The fourth-order valence-corrected chi connectivity index (χ4v) is 2.04. The topological polar surface area (TPSA) is 100 Å². The van der Waals surface area contributed by atoms with Gasteiger partial charge in [0, 0.05) is 18.0 Å². The predicted octanol–water partition coefficient (Wildman–Crippen LogP) is 2.39. The fraction of sp³-hybridized carbons (Fsp3) is 0.188. The highest BCUT2D eigenvalue weighted by atomic mass is 16.3. The zero-order chi connectivity index (χ0) is 16.2. The Morgan fingerprint density at radius 2 is 2.22 bits per heavy atom. The Labute approximate surface area is 132 Å². The van der Waals surface area contributed by atoms with Crippen LogP contribution in [0.2, 0.25) is 0 Å². The van der Waals surface area contributed by atoms with Gasteiger partial charge in [0.15, 0.2) is 5.58 Å². The number of hydrogen-bond acceptors (Lipinski definition) is 5. The van der Waals surface area contributed by atoms with Crippen molar-refractivity contribution in [3.8, 4) is 11.6 Å². The van der Waals surface area contributed by atoms with E-state index in [9.17, 15) is 4.79 Å². The summed E-state index contributed by atoms with van der Waals surface area (Å²) in [6, 6.07) is 9.96. The van der Waals surface area contributed by atoms with Gasteiger partial charge in [-0.05, 0) is 31.2 Å². The van der Waals surface area contributed by atoms with Gasteiger partial charge in [-0.15, -0.1) is 0 Å². The molecule has 3 N–H and O–H groups in total. The number of aliphatic hydroxyl groups is 1. The first kappa shape index (κ1) is 15.0. The fourth-order valence-electron chi connectivity index (χ4n) is 2.04. The third-order valence-corrected chi connectivity index (χ3v) is 3.18. The van der Waals surface area contributed by atoms with Crippen LogP contribution in [-0.2, 0) is 0 Å². The summed E-state index contributed by atoms with van der Waals surface area (Å²) in [5.74, 6) is 0.427. The van der Waals surface area contributed by atoms with Crippen molar-refractivity contribution in [3.63, 3.8) is 0 Å². The Hall–Kier alpha value is -2.93. The monoisotopic (exact) mass is 312 g/mol. The molecule has 0 aliphatic rings. The number of carbonyl (C=O) groups excluding carboxylic acids is 1. The van der Waals surface area contributed by atoms with E-state index >= 15 is 0 Å². The molecule has 2 heterocycles. The van der Waals surface area contributed by atoms with Crippen LogP contribution in [0.1, 0.15) is 6.92 Å². The Bertz CT molecular complexity index is 817. The summed E-state index contributed by atoms with van der Waals surface area (Å²) >= 11 is 0. The van der Waals surface area contributed by atoms with E-state index in [-0.39, 0.29) is 12.6 Å². The number of nitrogens with one attached hydrogen (secondary N) is 2. The number of rotatable bonds is 4. The lowest BCUT2D eigenvalue weighted by Crippen LogP contribution is -2.38. The molecule has 118 valence electrons. The van der Waals surface area contributed by atoms with Gasteiger partial charge < -0.3 is 20.2 Å². The highest BCUT2D eigenvalue weighted by Gasteiger charge is 2.11. The number of benzene rings is 1. The van der Waals surface area contributed by atoms with Gasteiger partial charge in [-0.1, -0.05) is 6.07 Å². The molecule has 0 radical (unpaired) electrons. The number of aliphatic hydroxyl groups excluding tert-OH is 1. The van der Waals surface area contributed by atoms with Gasteiger partial charge in [0.2, 0.25) is 5.89 Å². The van der Waals surface area contributed by atoms with Crippen molar-refractivity contribution in [1.29, 1.82) is 0 Å². The minimum atomic E-state index is -0.393. The highest BCUT2D eigenvalue weighted by molar-refractivity contribution is 5.91.